The summed E-state index contributed by atoms with van der Waals surface area (Å²) in [5.41, 5.74) is 0.925. The second-order valence-electron chi connectivity index (χ2n) is 4.18. The highest BCUT2D eigenvalue weighted by molar-refractivity contribution is 6.31. The number of hydrogen-bond acceptors (Lipinski definition) is 4. The molecule has 0 amide bonds. The smallest absolute Gasteiger partial charge is 0.145 e. The molecular weight excluding hydrogens is 276 g/mol. The van der Waals surface area contributed by atoms with Crippen LogP contribution in [0, 0.1) is 0 Å². The molecule has 0 radical (unpaired) electrons. The number of nitrogens with one attached hydrogen (secondary N) is 1. The number of aromatic nitrogens is 1. The number of rotatable bonds is 7. The Bertz CT molecular complexity index is 535. The number of ether oxygens (including phenoxy) is 2. The van der Waals surface area contributed by atoms with E-state index < -0.39 is 0 Å². The summed E-state index contributed by atoms with van der Waals surface area (Å²) in [6, 6.07) is 9.30. The maximum atomic E-state index is 6.24. The molecule has 0 aliphatic carbocycles. The van der Waals surface area contributed by atoms with Crippen LogP contribution >= 0.6 is 11.6 Å². The molecule has 2 aromatic rings. The summed E-state index contributed by atoms with van der Waals surface area (Å²) in [4.78, 5) is 4.03. The Morgan fingerprint density at radius 3 is 2.90 bits per heavy atom. The van der Waals surface area contributed by atoms with Crippen LogP contribution in [0.4, 0.5) is 0 Å². The lowest BCUT2D eigenvalue weighted by Crippen LogP contribution is -2.19. The second-order valence-corrected chi connectivity index (χ2v) is 4.58. The molecule has 20 heavy (non-hydrogen) atoms. The minimum Gasteiger partial charge on any atom is -0.455 e. The van der Waals surface area contributed by atoms with Crippen molar-refractivity contribution in [3.8, 4) is 11.5 Å². The Kier molecular flexibility index (Phi) is 5.80. The van der Waals surface area contributed by atoms with Crippen molar-refractivity contribution in [1.82, 2.24) is 10.3 Å². The number of benzene rings is 1. The molecule has 0 aliphatic heterocycles. The molecule has 5 heteroatoms. The molecular formula is C15H17ClN2O2. The van der Waals surface area contributed by atoms with Gasteiger partial charge in [-0.05, 0) is 24.3 Å². The van der Waals surface area contributed by atoms with Crippen LogP contribution in [0.1, 0.15) is 5.56 Å². The topological polar surface area (TPSA) is 43.4 Å². The Labute approximate surface area is 123 Å². The zero-order valence-electron chi connectivity index (χ0n) is 11.3. The minimum absolute atomic E-state index is 0.624. The lowest BCUT2D eigenvalue weighted by molar-refractivity contribution is 0.199. The van der Waals surface area contributed by atoms with Gasteiger partial charge in [-0.25, -0.2) is 0 Å². The molecule has 0 bridgehead atoms. The average Bonchev–Trinajstić information content (AvgIpc) is 2.47. The Morgan fingerprint density at radius 1 is 1.25 bits per heavy atom. The van der Waals surface area contributed by atoms with Crippen molar-refractivity contribution in [3.63, 3.8) is 0 Å². The first kappa shape index (κ1) is 14.8. The number of nitrogens with zero attached hydrogens (tertiary/aromatic N) is 1. The van der Waals surface area contributed by atoms with Crippen LogP contribution in [-0.4, -0.2) is 25.2 Å². The molecule has 0 saturated heterocycles. The van der Waals surface area contributed by atoms with Gasteiger partial charge in [0.15, 0.2) is 0 Å². The van der Waals surface area contributed by atoms with Gasteiger partial charge in [-0.3, -0.25) is 4.98 Å². The Balaban J connectivity index is 2.09. The molecule has 2 rings (SSSR count). The van der Waals surface area contributed by atoms with Crippen LogP contribution in [-0.2, 0) is 11.3 Å². The quantitative estimate of drug-likeness (QED) is 0.796. The van der Waals surface area contributed by atoms with Gasteiger partial charge < -0.3 is 14.8 Å². The van der Waals surface area contributed by atoms with Gasteiger partial charge in [-0.1, -0.05) is 17.7 Å². The zero-order chi connectivity index (χ0) is 14.2. The number of hydrogen-bond donors (Lipinski definition) is 1. The van der Waals surface area contributed by atoms with Gasteiger partial charge in [-0.2, -0.15) is 0 Å². The first-order chi connectivity index (χ1) is 9.81. The van der Waals surface area contributed by atoms with E-state index in [1.54, 1.807) is 19.5 Å². The first-order valence-electron chi connectivity index (χ1n) is 6.36. The first-order valence-corrected chi connectivity index (χ1v) is 6.74. The molecule has 106 valence electrons. The fourth-order valence-corrected chi connectivity index (χ4v) is 1.96. The maximum Gasteiger partial charge on any atom is 0.145 e. The van der Waals surface area contributed by atoms with Gasteiger partial charge in [-0.15, -0.1) is 0 Å². The summed E-state index contributed by atoms with van der Waals surface area (Å²) in [5, 5.41) is 3.94. The molecule has 4 nitrogen and oxygen atoms in total. The van der Waals surface area contributed by atoms with Crippen molar-refractivity contribution in [1.29, 1.82) is 0 Å². The van der Waals surface area contributed by atoms with Crippen molar-refractivity contribution >= 4 is 11.6 Å². The lowest BCUT2D eigenvalue weighted by Gasteiger charge is -2.13. The van der Waals surface area contributed by atoms with E-state index in [0.29, 0.717) is 23.9 Å². The van der Waals surface area contributed by atoms with E-state index in [1.807, 2.05) is 30.3 Å². The second kappa shape index (κ2) is 7.85. The van der Waals surface area contributed by atoms with Crippen molar-refractivity contribution in [2.45, 2.75) is 6.54 Å². The fourth-order valence-electron chi connectivity index (χ4n) is 1.73. The highest BCUT2D eigenvalue weighted by Gasteiger charge is 2.09. The predicted molar refractivity (Wildman–Crippen MR) is 79.3 cm³/mol. The number of halogens is 1. The van der Waals surface area contributed by atoms with Gasteiger partial charge in [0, 0.05) is 37.0 Å². The van der Waals surface area contributed by atoms with Crippen LogP contribution in [0.25, 0.3) is 0 Å². The highest BCUT2D eigenvalue weighted by Crippen LogP contribution is 2.29. The van der Waals surface area contributed by atoms with Crippen molar-refractivity contribution in [2.75, 3.05) is 20.3 Å². The third-order valence-electron chi connectivity index (χ3n) is 2.72. The molecule has 0 atom stereocenters. The van der Waals surface area contributed by atoms with Crippen molar-refractivity contribution < 1.29 is 9.47 Å². The van der Waals surface area contributed by atoms with E-state index in [1.165, 1.54) is 0 Å². The summed E-state index contributed by atoms with van der Waals surface area (Å²) >= 11 is 6.24. The summed E-state index contributed by atoms with van der Waals surface area (Å²) in [6.45, 7) is 2.04. The van der Waals surface area contributed by atoms with E-state index in [4.69, 9.17) is 21.1 Å². The van der Waals surface area contributed by atoms with Gasteiger partial charge in [0.2, 0.25) is 0 Å². The summed E-state index contributed by atoms with van der Waals surface area (Å²) in [6.07, 6.45) is 3.38. The predicted octanol–water partition coefficient (Wildman–Crippen LogP) is 3.26. The van der Waals surface area contributed by atoms with Crippen LogP contribution in [0.2, 0.25) is 5.02 Å². The highest BCUT2D eigenvalue weighted by atomic mass is 35.5. The molecule has 1 aromatic carbocycles. The number of methoxy groups -OCH3 is 1. The van der Waals surface area contributed by atoms with Crippen LogP contribution in [0.5, 0.6) is 11.5 Å². The lowest BCUT2D eigenvalue weighted by atomic mass is 10.2. The van der Waals surface area contributed by atoms with E-state index in [2.05, 4.69) is 10.3 Å². The number of pyridine rings is 1. The monoisotopic (exact) mass is 292 g/mol. The van der Waals surface area contributed by atoms with E-state index in [9.17, 15) is 0 Å². The Hall–Kier alpha value is -1.62. The van der Waals surface area contributed by atoms with E-state index >= 15 is 0 Å². The zero-order valence-corrected chi connectivity index (χ0v) is 12.1. The average molecular weight is 293 g/mol. The molecule has 0 saturated carbocycles. The van der Waals surface area contributed by atoms with E-state index in [-0.39, 0.29) is 0 Å². The molecule has 0 fully saturated rings. The van der Waals surface area contributed by atoms with Gasteiger partial charge in [0.05, 0.1) is 12.8 Å². The van der Waals surface area contributed by atoms with Crippen molar-refractivity contribution in [3.05, 3.63) is 53.3 Å². The van der Waals surface area contributed by atoms with Crippen LogP contribution < -0.4 is 10.1 Å². The summed E-state index contributed by atoms with van der Waals surface area (Å²) in [5.74, 6) is 1.42. The SMILES string of the molecule is COCCNCc1c(Cl)cccc1Oc1cccnc1. The molecule has 1 aromatic heterocycles. The summed E-state index contributed by atoms with van der Waals surface area (Å²) < 4.78 is 10.8. The molecule has 0 aliphatic rings. The standard InChI is InChI=1S/C15H17ClN2O2/c1-19-9-8-18-11-13-14(16)5-2-6-15(13)20-12-4-3-7-17-10-12/h2-7,10,18H,8-9,11H2,1H3. The third kappa shape index (κ3) is 4.20. The summed E-state index contributed by atoms with van der Waals surface area (Å²) in [7, 11) is 1.67. The Morgan fingerprint density at radius 2 is 2.15 bits per heavy atom. The molecule has 1 N–H and O–H groups in total. The van der Waals surface area contributed by atoms with Crippen molar-refractivity contribution in [2.24, 2.45) is 0 Å². The molecule has 0 unspecified atom stereocenters. The molecule has 1 heterocycles. The minimum atomic E-state index is 0.624. The van der Waals surface area contributed by atoms with Gasteiger partial charge >= 0.3 is 0 Å². The van der Waals surface area contributed by atoms with Crippen LogP contribution in [0.3, 0.4) is 0 Å². The molecule has 0 spiro atoms. The largest absolute Gasteiger partial charge is 0.455 e. The normalized spacial score (nSPS) is 10.5. The maximum absolute atomic E-state index is 6.24. The van der Waals surface area contributed by atoms with Crippen LogP contribution in [0.15, 0.2) is 42.7 Å². The van der Waals surface area contributed by atoms with E-state index in [0.717, 1.165) is 17.9 Å². The third-order valence-corrected chi connectivity index (χ3v) is 3.08. The fraction of sp³-hybridized carbons (Fsp3) is 0.267. The van der Waals surface area contributed by atoms with Gasteiger partial charge in [0.1, 0.15) is 11.5 Å². The van der Waals surface area contributed by atoms with Gasteiger partial charge in [0.25, 0.3) is 0 Å².